The Bertz CT molecular complexity index is 660. The van der Waals surface area contributed by atoms with Crippen molar-refractivity contribution in [3.05, 3.63) is 61.0 Å². The summed E-state index contributed by atoms with van der Waals surface area (Å²) < 4.78 is 7.17. The zero-order valence-corrected chi connectivity index (χ0v) is 14.7. The topological polar surface area (TPSA) is 26.3 Å². The van der Waals surface area contributed by atoms with Gasteiger partial charge in [-0.15, -0.1) is 0 Å². The van der Waals surface area contributed by atoms with Gasteiger partial charge in [0.15, 0.2) is 6.61 Å². The summed E-state index contributed by atoms with van der Waals surface area (Å²) in [5.41, 5.74) is 0.393. The first-order chi connectivity index (χ1) is 9.47. The molecule has 0 radical (unpaired) electrons. The van der Waals surface area contributed by atoms with Crippen LogP contribution in [0, 0.1) is 0 Å². The van der Waals surface area contributed by atoms with Crippen molar-refractivity contribution in [1.29, 1.82) is 0 Å². The van der Waals surface area contributed by atoms with Gasteiger partial charge in [-0.2, -0.15) is 0 Å². The van der Waals surface area contributed by atoms with E-state index in [0.717, 1.165) is 8.95 Å². The van der Waals surface area contributed by atoms with Crippen LogP contribution < -0.4 is 4.74 Å². The summed E-state index contributed by atoms with van der Waals surface area (Å²) in [6.07, 6.45) is 0. The van der Waals surface area contributed by atoms with E-state index in [-0.39, 0.29) is 12.4 Å². The van der Waals surface area contributed by atoms with Gasteiger partial charge in [-0.3, -0.25) is 4.79 Å². The zero-order chi connectivity index (χ0) is 14.7. The van der Waals surface area contributed by atoms with Crippen LogP contribution in [0.15, 0.2) is 45.3 Å². The largest absolute Gasteiger partial charge is 0.484 e. The molecule has 0 fully saturated rings. The fraction of sp³-hybridized carbons (Fsp3) is 0.0714. The third kappa shape index (κ3) is 3.98. The molecule has 0 aliphatic carbocycles. The summed E-state index contributed by atoms with van der Waals surface area (Å²) in [6, 6.07) is 10.2. The summed E-state index contributed by atoms with van der Waals surface area (Å²) in [5, 5.41) is 0.809. The van der Waals surface area contributed by atoms with Crippen molar-refractivity contribution in [1.82, 2.24) is 0 Å². The van der Waals surface area contributed by atoms with Crippen LogP contribution in [-0.4, -0.2) is 12.4 Å². The van der Waals surface area contributed by atoms with Gasteiger partial charge in [0.1, 0.15) is 5.75 Å². The molecule has 20 heavy (non-hydrogen) atoms. The van der Waals surface area contributed by atoms with Crippen LogP contribution in [-0.2, 0) is 0 Å². The van der Waals surface area contributed by atoms with Crippen LogP contribution in [0.3, 0.4) is 0 Å². The van der Waals surface area contributed by atoms with Crippen LogP contribution in [0.4, 0.5) is 0 Å². The molecule has 0 aliphatic rings. The van der Waals surface area contributed by atoms with E-state index in [1.165, 1.54) is 6.07 Å². The Morgan fingerprint density at radius 1 is 1.10 bits per heavy atom. The first kappa shape index (κ1) is 15.8. The van der Waals surface area contributed by atoms with Crippen LogP contribution in [0.5, 0.6) is 5.75 Å². The second kappa shape index (κ2) is 6.94. The third-order valence-corrected chi connectivity index (χ3v) is 4.14. The Morgan fingerprint density at radius 3 is 2.50 bits per heavy atom. The highest BCUT2D eigenvalue weighted by Crippen LogP contribution is 2.28. The summed E-state index contributed by atoms with van der Waals surface area (Å²) in [6.45, 7) is -0.0957. The molecule has 0 saturated carbocycles. The molecule has 104 valence electrons. The van der Waals surface area contributed by atoms with E-state index < -0.39 is 0 Å². The lowest BCUT2D eigenvalue weighted by atomic mass is 10.1. The predicted octanol–water partition coefficient (Wildman–Crippen LogP) is 5.78. The normalized spacial score (nSPS) is 10.4. The SMILES string of the molecule is O=C(COc1ccc(Br)cc1Br)c1ccc(Cl)cc1Cl. The molecule has 0 unspecified atom stereocenters. The summed E-state index contributed by atoms with van der Waals surface area (Å²) >= 11 is 18.5. The molecule has 2 rings (SSSR count). The minimum atomic E-state index is -0.207. The Kier molecular flexibility index (Phi) is 5.49. The number of carbonyl (C=O) groups excluding carboxylic acids is 1. The van der Waals surface area contributed by atoms with Gasteiger partial charge in [0.05, 0.1) is 9.50 Å². The Morgan fingerprint density at radius 2 is 1.85 bits per heavy atom. The predicted molar refractivity (Wildman–Crippen MR) is 88.1 cm³/mol. The first-order valence-electron chi connectivity index (χ1n) is 5.53. The van der Waals surface area contributed by atoms with Gasteiger partial charge in [-0.05, 0) is 52.3 Å². The van der Waals surface area contributed by atoms with Crippen LogP contribution >= 0.6 is 55.1 Å². The molecule has 0 heterocycles. The standard InChI is InChI=1S/C14H8Br2Cl2O2/c15-8-1-4-14(11(16)5-8)20-7-13(19)10-3-2-9(17)6-12(10)18/h1-6H,7H2. The van der Waals surface area contributed by atoms with E-state index in [2.05, 4.69) is 31.9 Å². The van der Waals surface area contributed by atoms with Gasteiger partial charge in [0.25, 0.3) is 0 Å². The Hall–Kier alpha value is -0.550. The molecule has 0 aromatic heterocycles. The highest BCUT2D eigenvalue weighted by Gasteiger charge is 2.12. The summed E-state index contributed by atoms with van der Waals surface area (Å²) in [4.78, 5) is 12.1. The van der Waals surface area contributed by atoms with Crippen LogP contribution in [0.2, 0.25) is 10.0 Å². The lowest BCUT2D eigenvalue weighted by molar-refractivity contribution is 0.0921. The van der Waals surface area contributed by atoms with Gasteiger partial charge >= 0.3 is 0 Å². The molecule has 0 bridgehead atoms. The van der Waals surface area contributed by atoms with Gasteiger partial charge in [-0.25, -0.2) is 0 Å². The summed E-state index contributed by atoms with van der Waals surface area (Å²) in [7, 11) is 0. The smallest absolute Gasteiger partial charge is 0.201 e. The minimum Gasteiger partial charge on any atom is -0.484 e. The second-order valence-electron chi connectivity index (χ2n) is 3.91. The fourth-order valence-corrected chi connectivity index (χ4v) is 3.20. The molecule has 2 aromatic rings. The van der Waals surface area contributed by atoms with Crippen molar-refractivity contribution < 1.29 is 9.53 Å². The molecular formula is C14H8Br2Cl2O2. The number of carbonyl (C=O) groups is 1. The number of hydrogen-bond acceptors (Lipinski definition) is 2. The average molecular weight is 439 g/mol. The number of ketones is 1. The van der Waals surface area contributed by atoms with Gasteiger partial charge in [0.2, 0.25) is 5.78 Å². The first-order valence-corrected chi connectivity index (χ1v) is 7.87. The lowest BCUT2D eigenvalue weighted by Gasteiger charge is -2.09. The molecule has 0 spiro atoms. The molecule has 2 aromatic carbocycles. The highest BCUT2D eigenvalue weighted by atomic mass is 79.9. The van der Waals surface area contributed by atoms with Crippen molar-refractivity contribution >= 4 is 60.8 Å². The third-order valence-electron chi connectivity index (χ3n) is 2.48. The Labute approximate surface area is 143 Å². The quantitative estimate of drug-likeness (QED) is 0.565. The molecule has 0 aliphatic heterocycles. The average Bonchev–Trinajstić information content (AvgIpc) is 2.37. The monoisotopic (exact) mass is 436 g/mol. The summed E-state index contributed by atoms with van der Waals surface area (Å²) in [5.74, 6) is 0.383. The number of ether oxygens (including phenoxy) is 1. The van der Waals surface area contributed by atoms with Crippen LogP contribution in [0.1, 0.15) is 10.4 Å². The van der Waals surface area contributed by atoms with Crippen molar-refractivity contribution in [2.75, 3.05) is 6.61 Å². The van der Waals surface area contributed by atoms with E-state index in [4.69, 9.17) is 27.9 Å². The number of Topliss-reactive ketones (excluding diaryl/α,β-unsaturated/α-hetero) is 1. The van der Waals surface area contributed by atoms with E-state index in [1.54, 1.807) is 18.2 Å². The van der Waals surface area contributed by atoms with Gasteiger partial charge in [-0.1, -0.05) is 39.1 Å². The van der Waals surface area contributed by atoms with Crippen LogP contribution in [0.25, 0.3) is 0 Å². The lowest BCUT2D eigenvalue weighted by Crippen LogP contribution is -2.12. The molecule has 0 amide bonds. The van der Waals surface area contributed by atoms with E-state index >= 15 is 0 Å². The second-order valence-corrected chi connectivity index (χ2v) is 6.52. The van der Waals surface area contributed by atoms with Crippen molar-refractivity contribution in [3.63, 3.8) is 0 Å². The number of halogens is 4. The molecule has 0 N–H and O–H groups in total. The van der Waals surface area contributed by atoms with Gasteiger partial charge in [0, 0.05) is 15.1 Å². The maximum Gasteiger partial charge on any atom is 0.201 e. The number of benzene rings is 2. The van der Waals surface area contributed by atoms with E-state index in [9.17, 15) is 4.79 Å². The maximum absolute atomic E-state index is 12.1. The number of hydrogen-bond donors (Lipinski definition) is 0. The molecule has 0 atom stereocenters. The minimum absolute atomic E-state index is 0.0957. The molecule has 0 saturated heterocycles. The highest BCUT2D eigenvalue weighted by molar-refractivity contribution is 9.11. The maximum atomic E-state index is 12.1. The molecular weight excluding hydrogens is 431 g/mol. The molecule has 2 nitrogen and oxygen atoms in total. The van der Waals surface area contributed by atoms with Crippen molar-refractivity contribution in [2.45, 2.75) is 0 Å². The van der Waals surface area contributed by atoms with E-state index in [0.29, 0.717) is 21.4 Å². The fourth-order valence-electron chi connectivity index (χ4n) is 1.53. The van der Waals surface area contributed by atoms with Gasteiger partial charge < -0.3 is 4.74 Å². The molecule has 6 heteroatoms. The van der Waals surface area contributed by atoms with E-state index in [1.807, 2.05) is 12.1 Å². The zero-order valence-electron chi connectivity index (χ0n) is 10.00. The van der Waals surface area contributed by atoms with Crippen molar-refractivity contribution in [2.24, 2.45) is 0 Å². The van der Waals surface area contributed by atoms with Crippen molar-refractivity contribution in [3.8, 4) is 5.75 Å². The Balaban J connectivity index is 2.08. The number of rotatable bonds is 4.